The Kier molecular flexibility index (Phi) is 7.66. The van der Waals surface area contributed by atoms with Crippen LogP contribution < -0.4 is 4.74 Å². The molecule has 3 aliphatic rings. The first-order valence-corrected chi connectivity index (χ1v) is 12.1. The average Bonchev–Trinajstić information content (AvgIpc) is 3.34. The Morgan fingerprint density at radius 2 is 1.91 bits per heavy atom. The van der Waals surface area contributed by atoms with Crippen molar-refractivity contribution in [3.63, 3.8) is 0 Å². The summed E-state index contributed by atoms with van der Waals surface area (Å²) in [5.41, 5.74) is 0.929. The number of benzene rings is 1. The number of aliphatic hydroxyl groups is 1. The Morgan fingerprint density at radius 3 is 2.47 bits per heavy atom. The third-order valence-electron chi connectivity index (χ3n) is 8.12. The molecular formula is C26H40N2O4. The average molecular weight is 445 g/mol. The van der Waals surface area contributed by atoms with E-state index in [1.54, 1.807) is 14.0 Å². The van der Waals surface area contributed by atoms with E-state index in [0.29, 0.717) is 19.3 Å². The zero-order chi connectivity index (χ0) is 23.5. The highest BCUT2D eigenvalue weighted by atomic mass is 16.5. The molecule has 6 nitrogen and oxygen atoms in total. The molecule has 6 heteroatoms. The summed E-state index contributed by atoms with van der Waals surface area (Å²) in [5, 5.41) is 11.8. The summed E-state index contributed by atoms with van der Waals surface area (Å²) >= 11 is 0. The van der Waals surface area contributed by atoms with Crippen LogP contribution in [0.3, 0.4) is 0 Å². The van der Waals surface area contributed by atoms with E-state index in [9.17, 15) is 14.7 Å². The molecule has 178 valence electrons. The molecule has 1 aliphatic carbocycles. The summed E-state index contributed by atoms with van der Waals surface area (Å²) in [7, 11) is 3.73. The van der Waals surface area contributed by atoms with Gasteiger partial charge in [0.2, 0.25) is 5.91 Å². The van der Waals surface area contributed by atoms with Crippen molar-refractivity contribution in [1.29, 1.82) is 0 Å². The van der Waals surface area contributed by atoms with Gasteiger partial charge in [-0.1, -0.05) is 13.0 Å². The molecule has 0 bridgehead atoms. The lowest BCUT2D eigenvalue weighted by molar-refractivity contribution is -0.161. The van der Waals surface area contributed by atoms with Crippen molar-refractivity contribution < 1.29 is 19.4 Å². The molecule has 3 atom stereocenters. The Morgan fingerprint density at radius 1 is 1.22 bits per heavy atom. The van der Waals surface area contributed by atoms with E-state index in [2.05, 4.69) is 37.9 Å². The van der Waals surface area contributed by atoms with Crippen molar-refractivity contribution in [3.05, 3.63) is 29.3 Å². The Hall–Kier alpha value is -1.92. The second-order valence-electron chi connectivity index (χ2n) is 9.72. The number of methoxy groups -OCH3 is 1. The molecule has 1 aromatic carbocycles. The van der Waals surface area contributed by atoms with Gasteiger partial charge in [0.05, 0.1) is 12.7 Å². The van der Waals surface area contributed by atoms with Gasteiger partial charge in [-0.2, -0.15) is 0 Å². The van der Waals surface area contributed by atoms with Crippen LogP contribution in [-0.4, -0.2) is 72.0 Å². The number of aryl methyl sites for hydroxylation is 1. The van der Waals surface area contributed by atoms with Gasteiger partial charge in [-0.05, 0) is 75.9 Å². The Labute approximate surface area is 192 Å². The number of amides is 1. The summed E-state index contributed by atoms with van der Waals surface area (Å²) in [6.45, 7) is 8.70. The van der Waals surface area contributed by atoms with Crippen molar-refractivity contribution in [2.24, 2.45) is 0 Å². The van der Waals surface area contributed by atoms with Gasteiger partial charge < -0.3 is 19.6 Å². The van der Waals surface area contributed by atoms with E-state index >= 15 is 0 Å². The van der Waals surface area contributed by atoms with Gasteiger partial charge in [0.15, 0.2) is 0 Å². The van der Waals surface area contributed by atoms with Crippen LogP contribution in [0, 0.1) is 0 Å². The van der Waals surface area contributed by atoms with Crippen LogP contribution in [0.4, 0.5) is 0 Å². The number of hydrogen-bond acceptors (Lipinski definition) is 5. The number of piperidine rings is 1. The molecule has 2 heterocycles. The summed E-state index contributed by atoms with van der Waals surface area (Å²) in [5.74, 6) is 1.28. The second-order valence-corrected chi connectivity index (χ2v) is 9.72. The molecule has 0 aromatic heterocycles. The minimum atomic E-state index is -0.885. The zero-order valence-electron chi connectivity index (χ0n) is 20.4. The van der Waals surface area contributed by atoms with Crippen LogP contribution in [0.25, 0.3) is 0 Å². The normalized spacial score (nSPS) is 30.4. The summed E-state index contributed by atoms with van der Waals surface area (Å²) < 4.78 is 5.45. The monoisotopic (exact) mass is 444 g/mol. The maximum absolute atomic E-state index is 12.4. The van der Waals surface area contributed by atoms with Crippen LogP contribution in [0.1, 0.15) is 70.4 Å². The maximum atomic E-state index is 12.4. The molecule has 32 heavy (non-hydrogen) atoms. The fourth-order valence-corrected chi connectivity index (χ4v) is 5.92. The van der Waals surface area contributed by atoms with Crippen LogP contribution in [-0.2, 0) is 21.4 Å². The van der Waals surface area contributed by atoms with Crippen molar-refractivity contribution in [3.8, 4) is 5.75 Å². The smallest absolute Gasteiger partial charge is 0.219 e. The molecule has 2 saturated heterocycles. The molecule has 4 rings (SSSR count). The molecule has 3 fully saturated rings. The first-order valence-electron chi connectivity index (χ1n) is 12.1. The predicted molar refractivity (Wildman–Crippen MR) is 126 cm³/mol. The van der Waals surface area contributed by atoms with Crippen molar-refractivity contribution in [2.75, 3.05) is 33.8 Å². The van der Waals surface area contributed by atoms with E-state index in [0.717, 1.165) is 43.8 Å². The van der Waals surface area contributed by atoms with Crippen LogP contribution >= 0.6 is 0 Å². The minimum absolute atomic E-state index is 0.0234. The van der Waals surface area contributed by atoms with Gasteiger partial charge in [0.25, 0.3) is 0 Å². The Balaban J connectivity index is 0.000000305. The van der Waals surface area contributed by atoms with Crippen LogP contribution in [0.2, 0.25) is 0 Å². The highest BCUT2D eigenvalue weighted by molar-refractivity contribution is 5.82. The number of likely N-dealkylation sites (N-methyl/N-ethyl adjacent to an activating group) is 1. The third kappa shape index (κ3) is 4.44. The van der Waals surface area contributed by atoms with Gasteiger partial charge in [-0.25, -0.2) is 0 Å². The highest BCUT2D eigenvalue weighted by Crippen LogP contribution is 2.54. The van der Waals surface area contributed by atoms with Crippen molar-refractivity contribution >= 4 is 11.7 Å². The van der Waals surface area contributed by atoms with E-state index < -0.39 is 11.0 Å². The number of nitrogens with zero attached hydrogens (tertiary/aromatic N) is 2. The summed E-state index contributed by atoms with van der Waals surface area (Å²) in [6, 6.07) is 6.14. The van der Waals surface area contributed by atoms with E-state index in [1.165, 1.54) is 18.4 Å². The first kappa shape index (κ1) is 24.7. The first-order chi connectivity index (χ1) is 15.2. The quantitative estimate of drug-likeness (QED) is 0.774. The Bertz CT molecular complexity index is 835. The molecule has 1 N–H and O–H groups in total. The number of fused-ring (bicyclic) bond motifs is 1. The molecule has 0 spiro atoms. The largest absolute Gasteiger partial charge is 0.497 e. The fraction of sp³-hybridized carbons (Fsp3) is 0.692. The van der Waals surface area contributed by atoms with E-state index in [1.807, 2.05) is 11.0 Å². The fourth-order valence-electron chi connectivity index (χ4n) is 5.92. The van der Waals surface area contributed by atoms with E-state index in [-0.39, 0.29) is 17.7 Å². The van der Waals surface area contributed by atoms with E-state index in [4.69, 9.17) is 4.74 Å². The number of Topliss-reactive ketones (excluding diaryl/α,β-unsaturated/α-hetero) is 1. The zero-order valence-corrected chi connectivity index (χ0v) is 20.4. The SMILES string of the molecule is CC(=O)N1CCCC1.CCc1ccc(OC)cc1[C@]12CCN(C)C(C)C1(O)CCC(=O)C2. The molecule has 1 aromatic rings. The minimum Gasteiger partial charge on any atom is -0.497 e. The van der Waals surface area contributed by atoms with Gasteiger partial charge in [0.1, 0.15) is 11.5 Å². The van der Waals surface area contributed by atoms with Gasteiger partial charge in [-0.15, -0.1) is 0 Å². The molecule has 1 saturated carbocycles. The third-order valence-corrected chi connectivity index (χ3v) is 8.12. The number of carbonyl (C=O) groups is 2. The standard InChI is InChI=1S/C20H29NO3.C6H11NO/c1-5-15-6-7-17(24-4)12-18(15)19-10-11-21(3)14(2)20(19,23)9-8-16(22)13-19;1-6(8)7-4-2-3-5-7/h6-7,12,14,23H,5,8-11,13H2,1-4H3;2-5H2,1H3/t14?,19-,20?;/m1./s1. The molecule has 1 amide bonds. The second kappa shape index (κ2) is 9.92. The van der Waals surface area contributed by atoms with Crippen LogP contribution in [0.15, 0.2) is 18.2 Å². The maximum Gasteiger partial charge on any atom is 0.219 e. The number of rotatable bonds is 3. The predicted octanol–water partition coefficient (Wildman–Crippen LogP) is 3.33. The highest BCUT2D eigenvalue weighted by Gasteiger charge is 2.60. The van der Waals surface area contributed by atoms with Crippen LogP contribution in [0.5, 0.6) is 5.75 Å². The number of likely N-dealkylation sites (tertiary alicyclic amines) is 2. The van der Waals surface area contributed by atoms with Gasteiger partial charge in [-0.3, -0.25) is 9.59 Å². The van der Waals surface area contributed by atoms with Gasteiger partial charge >= 0.3 is 0 Å². The molecule has 0 radical (unpaired) electrons. The number of hydrogen-bond donors (Lipinski definition) is 1. The molecular weight excluding hydrogens is 404 g/mol. The number of carbonyl (C=O) groups excluding carboxylic acids is 2. The van der Waals surface area contributed by atoms with Gasteiger partial charge in [0, 0.05) is 44.3 Å². The topological polar surface area (TPSA) is 70.1 Å². The molecule has 2 aliphatic heterocycles. The number of ketones is 1. The lowest BCUT2D eigenvalue weighted by Crippen LogP contribution is -2.69. The number of ether oxygens (including phenoxy) is 1. The summed E-state index contributed by atoms with van der Waals surface area (Å²) in [6.07, 6.45) is 5.52. The molecule has 2 unspecified atom stereocenters. The van der Waals surface area contributed by atoms with Crippen molar-refractivity contribution in [1.82, 2.24) is 9.80 Å². The lowest BCUT2D eigenvalue weighted by atomic mass is 9.53. The summed E-state index contributed by atoms with van der Waals surface area (Å²) in [4.78, 5) is 27.1. The van der Waals surface area contributed by atoms with Crippen molar-refractivity contribution in [2.45, 2.75) is 82.8 Å². The lowest BCUT2D eigenvalue weighted by Gasteiger charge is -2.59.